The van der Waals surface area contributed by atoms with Gasteiger partial charge in [-0.3, -0.25) is 0 Å². The lowest BCUT2D eigenvalue weighted by Gasteiger charge is -2.28. The fourth-order valence-corrected chi connectivity index (χ4v) is 3.14. The predicted molar refractivity (Wildman–Crippen MR) is 73.6 cm³/mol. The Hall–Kier alpha value is -0.120. The van der Waals surface area contributed by atoms with Gasteiger partial charge in [0.1, 0.15) is 0 Å². The Morgan fingerprint density at radius 1 is 1.00 bits per heavy atom. The number of hydrogen-bond donors (Lipinski definition) is 1. The highest BCUT2D eigenvalue weighted by Gasteiger charge is 2.21. The van der Waals surface area contributed by atoms with Gasteiger partial charge in [0.15, 0.2) is 0 Å². The molecule has 0 aromatic heterocycles. The van der Waals surface area contributed by atoms with E-state index in [0.717, 1.165) is 32.2 Å². The van der Waals surface area contributed by atoms with Crippen molar-refractivity contribution in [3.8, 4) is 0 Å². The molecule has 0 amide bonds. The number of nitrogens with two attached hydrogens (primary N) is 1. The van der Waals surface area contributed by atoms with E-state index in [0.29, 0.717) is 6.10 Å². The van der Waals surface area contributed by atoms with Crippen molar-refractivity contribution in [3.05, 3.63) is 0 Å². The summed E-state index contributed by atoms with van der Waals surface area (Å²) < 4.78 is 11.1. The fraction of sp³-hybridized carbons (Fsp3) is 1.00. The number of hydrogen-bond acceptors (Lipinski definition) is 3. The Labute approximate surface area is 111 Å². The van der Waals surface area contributed by atoms with E-state index in [1.165, 1.54) is 51.4 Å². The van der Waals surface area contributed by atoms with Crippen molar-refractivity contribution in [3.63, 3.8) is 0 Å². The molecule has 0 radical (unpaired) electrons. The molecule has 0 saturated carbocycles. The second-order valence-electron chi connectivity index (χ2n) is 5.91. The van der Waals surface area contributed by atoms with Gasteiger partial charge in [0.05, 0.1) is 6.10 Å². The van der Waals surface area contributed by atoms with E-state index in [-0.39, 0.29) is 6.04 Å². The Bertz CT molecular complexity index is 211. The van der Waals surface area contributed by atoms with E-state index in [9.17, 15) is 0 Å². The monoisotopic (exact) mass is 255 g/mol. The lowest BCUT2D eigenvalue weighted by atomic mass is 9.92. The van der Waals surface area contributed by atoms with Crippen LogP contribution in [0.25, 0.3) is 0 Å². The molecule has 3 nitrogen and oxygen atoms in total. The second kappa shape index (κ2) is 8.13. The minimum absolute atomic E-state index is 0.264. The first kappa shape index (κ1) is 14.3. The molecule has 2 heterocycles. The van der Waals surface area contributed by atoms with E-state index in [2.05, 4.69) is 0 Å². The van der Waals surface area contributed by atoms with Gasteiger partial charge < -0.3 is 15.2 Å². The van der Waals surface area contributed by atoms with Crippen LogP contribution in [-0.4, -0.2) is 32.0 Å². The number of unbranched alkanes of at least 4 members (excludes halogenated alkanes) is 1. The molecule has 0 aromatic rings. The lowest BCUT2D eigenvalue weighted by Crippen LogP contribution is -2.38. The smallest absolute Gasteiger partial charge is 0.0725 e. The van der Waals surface area contributed by atoms with Gasteiger partial charge in [-0.25, -0.2) is 0 Å². The molecule has 2 unspecified atom stereocenters. The summed E-state index contributed by atoms with van der Waals surface area (Å²) in [5.41, 5.74) is 6.22. The van der Waals surface area contributed by atoms with Crippen LogP contribution in [0.1, 0.15) is 57.8 Å². The van der Waals surface area contributed by atoms with Gasteiger partial charge in [0.25, 0.3) is 0 Å². The van der Waals surface area contributed by atoms with Gasteiger partial charge in [-0.2, -0.15) is 0 Å². The van der Waals surface area contributed by atoms with Crippen molar-refractivity contribution in [1.82, 2.24) is 0 Å². The van der Waals surface area contributed by atoms with Crippen molar-refractivity contribution >= 4 is 0 Å². The third kappa shape index (κ3) is 4.87. The highest BCUT2D eigenvalue weighted by Crippen LogP contribution is 2.22. The molecule has 0 aliphatic carbocycles. The number of ether oxygens (including phenoxy) is 2. The molecule has 2 saturated heterocycles. The zero-order valence-corrected chi connectivity index (χ0v) is 11.6. The first-order chi connectivity index (χ1) is 8.86. The summed E-state index contributed by atoms with van der Waals surface area (Å²) in [6.45, 7) is 2.86. The third-order valence-electron chi connectivity index (χ3n) is 4.43. The molecule has 3 heteroatoms. The molecule has 0 aromatic carbocycles. The largest absolute Gasteiger partial charge is 0.381 e. The Morgan fingerprint density at radius 2 is 1.83 bits per heavy atom. The van der Waals surface area contributed by atoms with Gasteiger partial charge in [0.2, 0.25) is 0 Å². The summed E-state index contributed by atoms with van der Waals surface area (Å²) in [7, 11) is 0. The minimum Gasteiger partial charge on any atom is -0.381 e. The van der Waals surface area contributed by atoms with E-state index >= 15 is 0 Å². The van der Waals surface area contributed by atoms with Gasteiger partial charge in [-0.1, -0.05) is 19.3 Å². The van der Waals surface area contributed by atoms with Crippen molar-refractivity contribution in [2.45, 2.75) is 69.9 Å². The Morgan fingerprint density at radius 3 is 2.56 bits per heavy atom. The topological polar surface area (TPSA) is 44.5 Å². The van der Waals surface area contributed by atoms with Crippen molar-refractivity contribution < 1.29 is 9.47 Å². The maximum atomic E-state index is 6.22. The zero-order valence-electron chi connectivity index (χ0n) is 11.6. The Balaban J connectivity index is 1.51. The molecule has 0 bridgehead atoms. The Kier molecular flexibility index (Phi) is 6.46. The second-order valence-corrected chi connectivity index (χ2v) is 5.91. The van der Waals surface area contributed by atoms with Gasteiger partial charge >= 0.3 is 0 Å². The molecular formula is C15H29NO2. The molecule has 2 atom stereocenters. The molecule has 18 heavy (non-hydrogen) atoms. The van der Waals surface area contributed by atoms with Crippen LogP contribution in [0.15, 0.2) is 0 Å². The lowest BCUT2D eigenvalue weighted by molar-refractivity contribution is -0.00159. The van der Waals surface area contributed by atoms with E-state index < -0.39 is 0 Å². The van der Waals surface area contributed by atoms with E-state index in [1.807, 2.05) is 0 Å². The molecule has 2 fully saturated rings. The molecule has 2 aliphatic heterocycles. The van der Waals surface area contributed by atoms with E-state index in [1.54, 1.807) is 0 Å². The summed E-state index contributed by atoms with van der Waals surface area (Å²) in [4.78, 5) is 0. The first-order valence-corrected chi connectivity index (χ1v) is 7.81. The maximum absolute atomic E-state index is 6.22. The summed E-state index contributed by atoms with van der Waals surface area (Å²) >= 11 is 0. The molecule has 2 rings (SSSR count). The van der Waals surface area contributed by atoms with Crippen LogP contribution >= 0.6 is 0 Å². The van der Waals surface area contributed by atoms with Crippen molar-refractivity contribution in [2.24, 2.45) is 11.7 Å². The molecule has 2 N–H and O–H groups in total. The van der Waals surface area contributed by atoms with Gasteiger partial charge in [0, 0.05) is 25.9 Å². The van der Waals surface area contributed by atoms with Crippen LogP contribution in [0.2, 0.25) is 0 Å². The summed E-state index contributed by atoms with van der Waals surface area (Å²) in [5, 5.41) is 0. The van der Waals surface area contributed by atoms with E-state index in [4.69, 9.17) is 15.2 Å². The maximum Gasteiger partial charge on any atom is 0.0725 e. The van der Waals surface area contributed by atoms with Crippen LogP contribution in [0.3, 0.4) is 0 Å². The first-order valence-electron chi connectivity index (χ1n) is 7.81. The zero-order chi connectivity index (χ0) is 12.6. The quantitative estimate of drug-likeness (QED) is 0.742. The highest BCUT2D eigenvalue weighted by molar-refractivity contribution is 4.76. The van der Waals surface area contributed by atoms with Crippen LogP contribution in [0.4, 0.5) is 0 Å². The molecule has 2 aliphatic rings. The van der Waals surface area contributed by atoms with Crippen LogP contribution in [-0.2, 0) is 9.47 Å². The number of rotatable bonds is 6. The average Bonchev–Trinajstić information content (AvgIpc) is 2.45. The van der Waals surface area contributed by atoms with Crippen molar-refractivity contribution in [2.75, 3.05) is 19.8 Å². The summed E-state index contributed by atoms with van der Waals surface area (Å²) in [6, 6.07) is 0.264. The molecular weight excluding hydrogens is 226 g/mol. The van der Waals surface area contributed by atoms with Crippen LogP contribution < -0.4 is 5.73 Å². The third-order valence-corrected chi connectivity index (χ3v) is 4.43. The summed E-state index contributed by atoms with van der Waals surface area (Å²) in [6.07, 6.45) is 11.6. The van der Waals surface area contributed by atoms with Crippen LogP contribution in [0.5, 0.6) is 0 Å². The molecule has 106 valence electrons. The SMILES string of the molecule is NC(CCCCC1CCOCC1)C1CCCCO1. The van der Waals surface area contributed by atoms with Gasteiger partial charge in [-0.05, 0) is 44.4 Å². The van der Waals surface area contributed by atoms with Crippen molar-refractivity contribution in [1.29, 1.82) is 0 Å². The highest BCUT2D eigenvalue weighted by atomic mass is 16.5. The van der Waals surface area contributed by atoms with Gasteiger partial charge in [-0.15, -0.1) is 0 Å². The standard InChI is InChI=1S/C15H29NO2/c16-14(15-7-3-4-10-18-15)6-2-1-5-13-8-11-17-12-9-13/h13-15H,1-12,16H2. The molecule has 0 spiro atoms. The minimum atomic E-state index is 0.264. The normalized spacial score (nSPS) is 28.2. The fourth-order valence-electron chi connectivity index (χ4n) is 3.14. The average molecular weight is 255 g/mol. The predicted octanol–water partition coefficient (Wildman–Crippen LogP) is 2.87. The van der Waals surface area contributed by atoms with Crippen LogP contribution in [0, 0.1) is 5.92 Å². The summed E-state index contributed by atoms with van der Waals surface area (Å²) in [5.74, 6) is 0.904.